The van der Waals surface area contributed by atoms with Crippen LogP contribution in [-0.4, -0.2) is 60.9 Å². The predicted octanol–water partition coefficient (Wildman–Crippen LogP) is 1.97. The van der Waals surface area contributed by atoms with Crippen LogP contribution in [0.2, 0.25) is 0 Å². The van der Waals surface area contributed by atoms with Gasteiger partial charge in [-0.15, -0.1) is 0 Å². The Morgan fingerprint density at radius 3 is 2.26 bits per heavy atom. The Labute approximate surface area is 160 Å². The molecule has 1 N–H and O–H groups in total. The van der Waals surface area contributed by atoms with Crippen LogP contribution in [0.5, 0.6) is 0 Å². The van der Waals surface area contributed by atoms with Crippen LogP contribution in [-0.2, 0) is 4.79 Å². The molecule has 2 fully saturated rings. The van der Waals surface area contributed by atoms with Crippen LogP contribution in [0.3, 0.4) is 0 Å². The fraction of sp³-hybridized carbons (Fsp3) is 0.364. The number of hydrogen-bond acceptors (Lipinski definition) is 3. The van der Waals surface area contributed by atoms with Gasteiger partial charge in [0.1, 0.15) is 0 Å². The second-order valence-electron chi connectivity index (χ2n) is 7.34. The number of fused-ring (bicyclic) bond motifs is 1. The maximum atomic E-state index is 12.9. The van der Waals surface area contributed by atoms with Gasteiger partial charge in [0.15, 0.2) is 0 Å². The minimum Gasteiger partial charge on any atom is -0.359 e. The van der Waals surface area contributed by atoms with Crippen molar-refractivity contribution in [2.45, 2.75) is 12.0 Å². The summed E-state index contributed by atoms with van der Waals surface area (Å²) in [6, 6.07) is 19.9. The van der Waals surface area contributed by atoms with E-state index in [1.165, 1.54) is 5.56 Å². The van der Waals surface area contributed by atoms with E-state index >= 15 is 0 Å². The number of amides is 2. The van der Waals surface area contributed by atoms with E-state index in [2.05, 4.69) is 22.3 Å². The largest absolute Gasteiger partial charge is 0.359 e. The molecule has 0 unspecified atom stereocenters. The van der Waals surface area contributed by atoms with Crippen molar-refractivity contribution in [3.8, 4) is 0 Å². The van der Waals surface area contributed by atoms with E-state index in [0.717, 1.165) is 18.7 Å². The number of nitrogens with one attached hydrogen (secondary N) is 1. The molecule has 0 spiro atoms. The van der Waals surface area contributed by atoms with Crippen LogP contribution in [0, 0.1) is 5.92 Å². The van der Waals surface area contributed by atoms with Gasteiger partial charge in [0.05, 0.1) is 5.92 Å². The SMILES string of the molecule is CNC(=O)[C@@H]1CN2CCN(C(=O)c3ccccc3)C[C@@H]2[C@H]1c1ccccc1. The molecule has 2 aliphatic rings. The maximum absolute atomic E-state index is 12.9. The van der Waals surface area contributed by atoms with Gasteiger partial charge in [-0.1, -0.05) is 48.5 Å². The second kappa shape index (κ2) is 7.53. The standard InChI is InChI=1S/C22H25N3O2/c1-23-21(26)18-14-24-12-13-25(22(27)17-10-6-3-7-11-17)15-19(24)20(18)16-8-4-2-5-9-16/h2-11,18-20H,12-15H2,1H3,(H,23,26)/t18-,19-,20+/m1/s1. The molecule has 5 nitrogen and oxygen atoms in total. The number of nitrogens with zero attached hydrogens (tertiary/aromatic N) is 2. The van der Waals surface area contributed by atoms with Crippen molar-refractivity contribution in [3.05, 3.63) is 71.8 Å². The van der Waals surface area contributed by atoms with Gasteiger partial charge in [0.25, 0.3) is 5.91 Å². The average Bonchev–Trinajstić information content (AvgIpc) is 3.12. The quantitative estimate of drug-likeness (QED) is 0.907. The molecule has 2 aromatic carbocycles. The van der Waals surface area contributed by atoms with E-state index in [0.29, 0.717) is 13.1 Å². The van der Waals surface area contributed by atoms with Crippen LogP contribution in [0.15, 0.2) is 60.7 Å². The lowest BCUT2D eigenvalue weighted by molar-refractivity contribution is -0.124. The summed E-state index contributed by atoms with van der Waals surface area (Å²) in [5.41, 5.74) is 1.90. The second-order valence-corrected chi connectivity index (χ2v) is 7.34. The normalized spacial score (nSPS) is 25.1. The zero-order valence-electron chi connectivity index (χ0n) is 15.5. The van der Waals surface area contributed by atoms with Crippen molar-refractivity contribution >= 4 is 11.8 Å². The molecule has 5 heteroatoms. The van der Waals surface area contributed by atoms with Crippen LogP contribution < -0.4 is 5.32 Å². The summed E-state index contributed by atoms with van der Waals surface area (Å²) >= 11 is 0. The van der Waals surface area contributed by atoms with Gasteiger partial charge in [0.2, 0.25) is 5.91 Å². The molecule has 2 saturated heterocycles. The fourth-order valence-corrected chi connectivity index (χ4v) is 4.56. The van der Waals surface area contributed by atoms with Gasteiger partial charge >= 0.3 is 0 Å². The number of piperazine rings is 1. The lowest BCUT2D eigenvalue weighted by Gasteiger charge is -2.39. The van der Waals surface area contributed by atoms with Crippen molar-refractivity contribution in [1.82, 2.24) is 15.1 Å². The van der Waals surface area contributed by atoms with E-state index in [-0.39, 0.29) is 29.7 Å². The van der Waals surface area contributed by atoms with Gasteiger partial charge in [-0.25, -0.2) is 0 Å². The van der Waals surface area contributed by atoms with Gasteiger partial charge < -0.3 is 10.2 Å². The molecule has 4 rings (SSSR count). The first-order valence-corrected chi connectivity index (χ1v) is 9.54. The average molecular weight is 363 g/mol. The molecule has 3 atom stereocenters. The van der Waals surface area contributed by atoms with E-state index in [1.807, 2.05) is 53.4 Å². The molecular weight excluding hydrogens is 338 g/mol. The molecule has 140 valence electrons. The van der Waals surface area contributed by atoms with Crippen LogP contribution in [0.25, 0.3) is 0 Å². The van der Waals surface area contributed by atoms with Crippen molar-refractivity contribution in [1.29, 1.82) is 0 Å². The number of hydrogen-bond donors (Lipinski definition) is 1. The molecule has 0 radical (unpaired) electrons. The lowest BCUT2D eigenvalue weighted by atomic mass is 9.83. The number of benzene rings is 2. The lowest BCUT2D eigenvalue weighted by Crippen LogP contribution is -2.53. The van der Waals surface area contributed by atoms with E-state index < -0.39 is 0 Å². The molecule has 2 aliphatic heterocycles. The zero-order valence-corrected chi connectivity index (χ0v) is 15.5. The highest BCUT2D eigenvalue weighted by Gasteiger charge is 2.48. The first-order valence-electron chi connectivity index (χ1n) is 9.54. The van der Waals surface area contributed by atoms with Gasteiger partial charge in [-0.2, -0.15) is 0 Å². The molecule has 0 saturated carbocycles. The first kappa shape index (κ1) is 17.7. The van der Waals surface area contributed by atoms with E-state index in [4.69, 9.17) is 0 Å². The topological polar surface area (TPSA) is 52.7 Å². The van der Waals surface area contributed by atoms with Crippen molar-refractivity contribution in [3.63, 3.8) is 0 Å². The number of carbonyl (C=O) groups is 2. The third-order valence-electron chi connectivity index (χ3n) is 5.89. The molecule has 2 heterocycles. The Kier molecular flexibility index (Phi) is 4.94. The third-order valence-corrected chi connectivity index (χ3v) is 5.89. The summed E-state index contributed by atoms with van der Waals surface area (Å²) in [5.74, 6) is 0.163. The van der Waals surface area contributed by atoms with Crippen molar-refractivity contribution in [2.75, 3.05) is 33.2 Å². The molecule has 27 heavy (non-hydrogen) atoms. The molecular formula is C22H25N3O2. The summed E-state index contributed by atoms with van der Waals surface area (Å²) < 4.78 is 0. The Morgan fingerprint density at radius 2 is 1.59 bits per heavy atom. The highest BCUT2D eigenvalue weighted by molar-refractivity contribution is 5.94. The van der Waals surface area contributed by atoms with Gasteiger partial charge in [-0.3, -0.25) is 14.5 Å². The summed E-state index contributed by atoms with van der Waals surface area (Å²) in [5, 5.41) is 2.83. The minimum absolute atomic E-state index is 0.0745. The molecule has 2 aromatic rings. The van der Waals surface area contributed by atoms with E-state index in [1.54, 1.807) is 7.05 Å². The predicted molar refractivity (Wildman–Crippen MR) is 104 cm³/mol. The summed E-state index contributed by atoms with van der Waals surface area (Å²) in [4.78, 5) is 29.8. The number of carbonyl (C=O) groups excluding carboxylic acids is 2. The monoisotopic (exact) mass is 363 g/mol. The van der Waals surface area contributed by atoms with Gasteiger partial charge in [0, 0.05) is 50.7 Å². The van der Waals surface area contributed by atoms with E-state index in [9.17, 15) is 9.59 Å². The summed E-state index contributed by atoms with van der Waals surface area (Å²) in [6.07, 6.45) is 0. The van der Waals surface area contributed by atoms with Gasteiger partial charge in [-0.05, 0) is 17.7 Å². The summed E-state index contributed by atoms with van der Waals surface area (Å²) in [7, 11) is 1.70. The fourth-order valence-electron chi connectivity index (χ4n) is 4.56. The van der Waals surface area contributed by atoms with Crippen molar-refractivity contribution in [2.24, 2.45) is 5.92 Å². The van der Waals surface area contributed by atoms with Crippen LogP contribution in [0.1, 0.15) is 21.8 Å². The highest BCUT2D eigenvalue weighted by atomic mass is 16.2. The Morgan fingerprint density at radius 1 is 0.926 bits per heavy atom. The molecule has 0 aliphatic carbocycles. The minimum atomic E-state index is -0.0887. The first-order chi connectivity index (χ1) is 13.2. The Balaban J connectivity index is 1.61. The third kappa shape index (κ3) is 3.35. The molecule has 0 bridgehead atoms. The van der Waals surface area contributed by atoms with Crippen LogP contribution in [0.4, 0.5) is 0 Å². The number of rotatable bonds is 3. The molecule has 0 aromatic heterocycles. The Hall–Kier alpha value is -2.66. The van der Waals surface area contributed by atoms with Crippen molar-refractivity contribution < 1.29 is 9.59 Å². The highest BCUT2D eigenvalue weighted by Crippen LogP contribution is 2.40. The van der Waals surface area contributed by atoms with Crippen LogP contribution >= 0.6 is 0 Å². The Bertz CT molecular complexity index is 809. The zero-order chi connectivity index (χ0) is 18.8. The molecule has 2 amide bonds. The smallest absolute Gasteiger partial charge is 0.253 e. The summed E-state index contributed by atoms with van der Waals surface area (Å²) in [6.45, 7) is 2.91. The maximum Gasteiger partial charge on any atom is 0.253 e.